The first-order valence-corrected chi connectivity index (χ1v) is 11.3. The molecular weight excluding hydrogens is 438 g/mol. The zero-order valence-electron chi connectivity index (χ0n) is 17.6. The normalized spacial score (nSPS) is 15.3. The second kappa shape index (κ2) is 8.47. The van der Waals surface area contributed by atoms with Crippen LogP contribution in [0.15, 0.2) is 23.6 Å². The van der Waals surface area contributed by atoms with Gasteiger partial charge in [-0.25, -0.2) is 9.78 Å². The van der Waals surface area contributed by atoms with Gasteiger partial charge in [-0.3, -0.25) is 9.89 Å². The third-order valence-electron chi connectivity index (χ3n) is 5.02. The minimum absolute atomic E-state index is 0.214. The summed E-state index contributed by atoms with van der Waals surface area (Å²) in [5, 5.41) is 13.6. The van der Waals surface area contributed by atoms with E-state index in [-0.39, 0.29) is 17.9 Å². The van der Waals surface area contributed by atoms with Crippen LogP contribution < -0.4 is 5.32 Å². The molecule has 8 nitrogen and oxygen atoms in total. The third-order valence-corrected chi connectivity index (χ3v) is 6.34. The van der Waals surface area contributed by atoms with Crippen LogP contribution in [0.25, 0.3) is 10.9 Å². The number of halogens is 1. The van der Waals surface area contributed by atoms with Gasteiger partial charge in [-0.2, -0.15) is 5.10 Å². The molecule has 10 heteroatoms. The Labute approximate surface area is 188 Å². The van der Waals surface area contributed by atoms with Gasteiger partial charge < -0.3 is 15.0 Å². The summed E-state index contributed by atoms with van der Waals surface area (Å²) < 4.78 is 5.45. The molecule has 0 bridgehead atoms. The molecule has 3 aromatic rings. The van der Waals surface area contributed by atoms with E-state index in [1.807, 2.05) is 32.9 Å². The van der Waals surface area contributed by atoms with Crippen molar-refractivity contribution in [3.8, 4) is 0 Å². The van der Waals surface area contributed by atoms with Gasteiger partial charge in [-0.15, -0.1) is 11.3 Å². The number of aromatic amines is 1. The monoisotopic (exact) mass is 461 g/mol. The maximum atomic E-state index is 12.7. The zero-order chi connectivity index (χ0) is 22.2. The van der Waals surface area contributed by atoms with Crippen LogP contribution in [0, 0.1) is 0 Å². The van der Waals surface area contributed by atoms with E-state index in [1.54, 1.807) is 16.3 Å². The summed E-state index contributed by atoms with van der Waals surface area (Å²) in [5.41, 5.74) is 0.589. The van der Waals surface area contributed by atoms with Crippen molar-refractivity contribution in [2.75, 3.05) is 18.4 Å². The molecule has 0 radical (unpaired) electrons. The Balaban J connectivity index is 1.38. The number of aromatic nitrogens is 3. The van der Waals surface area contributed by atoms with Gasteiger partial charge in [0.25, 0.3) is 5.91 Å². The van der Waals surface area contributed by atoms with Crippen LogP contribution in [0.2, 0.25) is 5.02 Å². The van der Waals surface area contributed by atoms with Crippen molar-refractivity contribution < 1.29 is 14.3 Å². The van der Waals surface area contributed by atoms with Gasteiger partial charge in [-0.05, 0) is 45.7 Å². The maximum Gasteiger partial charge on any atom is 0.410 e. The van der Waals surface area contributed by atoms with Crippen LogP contribution in [0.1, 0.15) is 55.0 Å². The van der Waals surface area contributed by atoms with Crippen LogP contribution in [-0.4, -0.2) is 50.8 Å². The number of nitrogens with one attached hydrogen (secondary N) is 2. The first-order chi connectivity index (χ1) is 14.7. The van der Waals surface area contributed by atoms with Crippen molar-refractivity contribution in [1.29, 1.82) is 0 Å². The molecule has 1 aliphatic heterocycles. The minimum Gasteiger partial charge on any atom is -0.444 e. The number of hydrogen-bond donors (Lipinski definition) is 2. The zero-order valence-corrected chi connectivity index (χ0v) is 19.1. The molecule has 0 unspecified atom stereocenters. The molecule has 0 aliphatic carbocycles. The molecule has 1 fully saturated rings. The highest BCUT2D eigenvalue weighted by molar-refractivity contribution is 7.10. The number of carbonyl (C=O) groups is 2. The molecule has 0 saturated carbocycles. The van der Waals surface area contributed by atoms with Crippen molar-refractivity contribution >= 4 is 51.7 Å². The number of benzene rings is 1. The molecule has 0 atom stereocenters. The molecule has 164 valence electrons. The Bertz CT molecular complexity index is 1110. The molecule has 1 saturated heterocycles. The van der Waals surface area contributed by atoms with Gasteiger partial charge in [0.2, 0.25) is 0 Å². The number of amides is 2. The summed E-state index contributed by atoms with van der Waals surface area (Å²) in [5.74, 6) is 0.263. The second-order valence-corrected chi connectivity index (χ2v) is 9.80. The fourth-order valence-electron chi connectivity index (χ4n) is 3.51. The molecule has 0 spiro atoms. The van der Waals surface area contributed by atoms with E-state index < -0.39 is 5.60 Å². The summed E-state index contributed by atoms with van der Waals surface area (Å²) in [6.07, 6.45) is 1.29. The largest absolute Gasteiger partial charge is 0.444 e. The summed E-state index contributed by atoms with van der Waals surface area (Å²) >= 11 is 7.71. The van der Waals surface area contributed by atoms with Crippen molar-refractivity contribution in [1.82, 2.24) is 20.1 Å². The third kappa shape index (κ3) is 4.83. The minimum atomic E-state index is -0.505. The fourth-order valence-corrected chi connectivity index (χ4v) is 4.74. The molecular formula is C21H24ClN5O3S. The lowest BCUT2D eigenvalue weighted by atomic mass is 9.98. The van der Waals surface area contributed by atoms with E-state index in [1.165, 1.54) is 11.3 Å². The summed E-state index contributed by atoms with van der Waals surface area (Å²) in [6.45, 7) is 6.80. The van der Waals surface area contributed by atoms with Gasteiger partial charge in [0, 0.05) is 24.4 Å². The Morgan fingerprint density at radius 1 is 1.29 bits per heavy atom. The van der Waals surface area contributed by atoms with E-state index in [2.05, 4.69) is 20.5 Å². The highest BCUT2D eigenvalue weighted by Gasteiger charge is 2.29. The Kier molecular flexibility index (Phi) is 5.90. The lowest BCUT2D eigenvalue weighted by molar-refractivity contribution is 0.0205. The molecule has 1 aromatic carbocycles. The maximum absolute atomic E-state index is 12.7. The van der Waals surface area contributed by atoms with Gasteiger partial charge in [0.05, 0.1) is 20.9 Å². The number of carbonyl (C=O) groups excluding carboxylic acids is 2. The molecule has 2 amide bonds. The number of H-pyrrole nitrogens is 1. The van der Waals surface area contributed by atoms with Gasteiger partial charge in [0.1, 0.15) is 11.3 Å². The lowest BCUT2D eigenvalue weighted by Gasteiger charge is -2.32. The average Bonchev–Trinajstić information content (AvgIpc) is 3.35. The molecule has 1 aliphatic rings. The van der Waals surface area contributed by atoms with Crippen molar-refractivity contribution in [3.63, 3.8) is 0 Å². The quantitative estimate of drug-likeness (QED) is 0.569. The van der Waals surface area contributed by atoms with Crippen LogP contribution in [0.4, 0.5) is 10.6 Å². The number of fused-ring (bicyclic) bond motifs is 1. The van der Waals surface area contributed by atoms with Crippen LogP contribution in [-0.2, 0) is 4.74 Å². The SMILES string of the molecule is CC(C)(C)OC(=O)N1CCC(c2nc(C(=O)Nc3n[nH]c4cccc(Cl)c34)cs2)CC1. The van der Waals surface area contributed by atoms with E-state index >= 15 is 0 Å². The molecule has 2 aromatic heterocycles. The number of nitrogens with zero attached hydrogens (tertiary/aromatic N) is 3. The first-order valence-electron chi connectivity index (χ1n) is 10.1. The molecule has 3 heterocycles. The highest BCUT2D eigenvalue weighted by Crippen LogP contribution is 2.32. The summed E-state index contributed by atoms with van der Waals surface area (Å²) in [4.78, 5) is 31.2. The lowest BCUT2D eigenvalue weighted by Crippen LogP contribution is -2.41. The van der Waals surface area contributed by atoms with Crippen LogP contribution in [0.5, 0.6) is 0 Å². The number of hydrogen-bond acceptors (Lipinski definition) is 6. The average molecular weight is 462 g/mol. The number of likely N-dealkylation sites (tertiary alicyclic amines) is 1. The van der Waals surface area contributed by atoms with Crippen molar-refractivity contribution in [2.24, 2.45) is 0 Å². The van der Waals surface area contributed by atoms with Gasteiger partial charge in [-0.1, -0.05) is 17.7 Å². The number of thiazole rings is 1. The molecule has 2 N–H and O–H groups in total. The van der Waals surface area contributed by atoms with E-state index in [9.17, 15) is 9.59 Å². The number of piperidine rings is 1. The van der Waals surface area contributed by atoms with Crippen LogP contribution in [0.3, 0.4) is 0 Å². The van der Waals surface area contributed by atoms with Crippen LogP contribution >= 0.6 is 22.9 Å². The fraction of sp³-hybridized carbons (Fsp3) is 0.429. The predicted octanol–water partition coefficient (Wildman–Crippen LogP) is 5.04. The Hall–Kier alpha value is -2.65. The van der Waals surface area contributed by atoms with E-state index in [4.69, 9.17) is 16.3 Å². The number of ether oxygens (including phenoxy) is 1. The standard InChI is InChI=1S/C21H24ClN5O3S/c1-21(2,3)30-20(29)27-9-7-12(8-10-27)19-23-15(11-31-19)18(28)24-17-16-13(22)5-4-6-14(16)25-26-17/h4-6,11-12H,7-10H2,1-3H3,(H2,24,25,26,28). The van der Waals surface area contributed by atoms with Gasteiger partial charge in [0.15, 0.2) is 5.82 Å². The van der Waals surface area contributed by atoms with Crippen molar-refractivity contribution in [2.45, 2.75) is 45.1 Å². The Morgan fingerprint density at radius 3 is 2.74 bits per heavy atom. The summed E-state index contributed by atoms with van der Waals surface area (Å²) in [7, 11) is 0. The highest BCUT2D eigenvalue weighted by atomic mass is 35.5. The second-order valence-electron chi connectivity index (χ2n) is 8.50. The van der Waals surface area contributed by atoms with Crippen molar-refractivity contribution in [3.05, 3.63) is 39.3 Å². The topological polar surface area (TPSA) is 100 Å². The Morgan fingerprint density at radius 2 is 2.03 bits per heavy atom. The molecule has 4 rings (SSSR count). The van der Waals surface area contributed by atoms with Gasteiger partial charge >= 0.3 is 6.09 Å². The number of rotatable bonds is 3. The predicted molar refractivity (Wildman–Crippen MR) is 121 cm³/mol. The number of anilines is 1. The van der Waals surface area contributed by atoms with E-state index in [0.29, 0.717) is 35.0 Å². The molecule has 31 heavy (non-hydrogen) atoms. The smallest absolute Gasteiger partial charge is 0.410 e. The van der Waals surface area contributed by atoms with E-state index in [0.717, 1.165) is 23.4 Å². The first kappa shape index (κ1) is 21.6. The summed E-state index contributed by atoms with van der Waals surface area (Å²) in [6, 6.07) is 5.41.